The number of halogens is 1. The molecule has 0 fully saturated rings. The van der Waals surface area contributed by atoms with E-state index in [1.165, 1.54) is 0 Å². The summed E-state index contributed by atoms with van der Waals surface area (Å²) in [7, 11) is 0. The van der Waals surface area contributed by atoms with Crippen LogP contribution in [-0.2, 0) is 0 Å². The zero-order chi connectivity index (χ0) is 10.3. The molecule has 3 nitrogen and oxygen atoms in total. The molecule has 0 aliphatic carbocycles. The van der Waals surface area contributed by atoms with Gasteiger partial charge in [0, 0.05) is 5.02 Å². The van der Waals surface area contributed by atoms with Crippen LogP contribution in [0.25, 0.3) is 0 Å². The van der Waals surface area contributed by atoms with E-state index < -0.39 is 0 Å². The maximum atomic E-state index is 5.99. The standard InChI is InChI=1S/C10H12ClN3/c1-6-4-8-9(5-7(6)11)13-14-10(2,3)12-8/h4-5,12H,1-3H3. The highest BCUT2D eigenvalue weighted by Crippen LogP contribution is 2.37. The van der Waals surface area contributed by atoms with E-state index in [9.17, 15) is 0 Å². The normalized spacial score (nSPS) is 17.4. The summed E-state index contributed by atoms with van der Waals surface area (Å²) in [6.45, 7) is 5.93. The minimum absolute atomic E-state index is 0.326. The number of fused-ring (bicyclic) bond motifs is 1. The minimum atomic E-state index is -0.326. The van der Waals surface area contributed by atoms with Crippen LogP contribution in [0.4, 0.5) is 11.4 Å². The van der Waals surface area contributed by atoms with Crippen molar-refractivity contribution in [1.82, 2.24) is 0 Å². The van der Waals surface area contributed by atoms with Gasteiger partial charge in [-0.2, -0.15) is 10.2 Å². The lowest BCUT2D eigenvalue weighted by Crippen LogP contribution is -2.29. The molecule has 0 saturated heterocycles. The zero-order valence-electron chi connectivity index (χ0n) is 8.43. The van der Waals surface area contributed by atoms with Crippen LogP contribution in [0, 0.1) is 6.92 Å². The summed E-state index contributed by atoms with van der Waals surface area (Å²) in [5.41, 5.74) is 2.52. The molecule has 0 saturated carbocycles. The first-order chi connectivity index (χ1) is 6.48. The lowest BCUT2D eigenvalue weighted by molar-refractivity contribution is 0.559. The Morgan fingerprint density at radius 3 is 2.79 bits per heavy atom. The van der Waals surface area contributed by atoms with Crippen molar-refractivity contribution in [2.75, 3.05) is 5.32 Å². The quantitative estimate of drug-likeness (QED) is 0.692. The monoisotopic (exact) mass is 209 g/mol. The van der Waals surface area contributed by atoms with Gasteiger partial charge in [0.1, 0.15) is 11.4 Å². The molecule has 4 heteroatoms. The van der Waals surface area contributed by atoms with Gasteiger partial charge >= 0.3 is 0 Å². The SMILES string of the molecule is Cc1cc2c(cc1Cl)N=NC(C)(C)N2. The molecule has 0 radical (unpaired) electrons. The van der Waals surface area contributed by atoms with Crippen LogP contribution < -0.4 is 5.32 Å². The van der Waals surface area contributed by atoms with Gasteiger partial charge in [-0.05, 0) is 38.5 Å². The van der Waals surface area contributed by atoms with Gasteiger partial charge in [-0.25, -0.2) is 0 Å². The number of rotatable bonds is 0. The molecular weight excluding hydrogens is 198 g/mol. The predicted octanol–water partition coefficient (Wildman–Crippen LogP) is 3.89. The van der Waals surface area contributed by atoms with E-state index >= 15 is 0 Å². The number of anilines is 1. The third-order valence-corrected chi connectivity index (χ3v) is 2.53. The summed E-state index contributed by atoms with van der Waals surface area (Å²) < 4.78 is 0. The second-order valence-electron chi connectivity index (χ2n) is 4.00. The van der Waals surface area contributed by atoms with Gasteiger partial charge in [-0.3, -0.25) is 0 Å². The van der Waals surface area contributed by atoms with Gasteiger partial charge in [-0.15, -0.1) is 0 Å². The van der Waals surface area contributed by atoms with E-state index in [1.807, 2.05) is 32.9 Å². The van der Waals surface area contributed by atoms with Crippen LogP contribution in [-0.4, -0.2) is 5.66 Å². The van der Waals surface area contributed by atoms with Crippen molar-refractivity contribution in [1.29, 1.82) is 0 Å². The third-order valence-electron chi connectivity index (χ3n) is 2.13. The smallest absolute Gasteiger partial charge is 0.145 e. The van der Waals surface area contributed by atoms with Gasteiger partial charge in [0.25, 0.3) is 0 Å². The largest absolute Gasteiger partial charge is 0.358 e. The Morgan fingerprint density at radius 1 is 1.36 bits per heavy atom. The van der Waals surface area contributed by atoms with Crippen molar-refractivity contribution >= 4 is 23.0 Å². The molecule has 74 valence electrons. The molecule has 1 aromatic rings. The minimum Gasteiger partial charge on any atom is -0.358 e. The molecule has 1 heterocycles. The van der Waals surface area contributed by atoms with Crippen LogP contribution in [0.1, 0.15) is 19.4 Å². The van der Waals surface area contributed by atoms with Crippen LogP contribution in [0.3, 0.4) is 0 Å². The molecule has 0 atom stereocenters. The Labute approximate surface area is 88.2 Å². The molecule has 1 aliphatic rings. The highest BCUT2D eigenvalue weighted by molar-refractivity contribution is 6.31. The maximum absolute atomic E-state index is 5.99. The van der Waals surface area contributed by atoms with E-state index in [1.54, 1.807) is 0 Å². The topological polar surface area (TPSA) is 36.8 Å². The molecule has 0 aromatic heterocycles. The molecule has 1 N–H and O–H groups in total. The fraction of sp³-hybridized carbons (Fsp3) is 0.400. The number of nitrogens with one attached hydrogen (secondary N) is 1. The van der Waals surface area contributed by atoms with E-state index in [4.69, 9.17) is 11.6 Å². The highest BCUT2D eigenvalue weighted by atomic mass is 35.5. The summed E-state index contributed by atoms with van der Waals surface area (Å²) in [6, 6.07) is 3.83. The summed E-state index contributed by atoms with van der Waals surface area (Å²) in [4.78, 5) is 0. The van der Waals surface area contributed by atoms with Crippen molar-refractivity contribution in [2.24, 2.45) is 10.2 Å². The number of aryl methyl sites for hydroxylation is 1. The third kappa shape index (κ3) is 1.60. The Balaban J connectivity index is 2.52. The van der Waals surface area contributed by atoms with E-state index in [-0.39, 0.29) is 5.66 Å². The number of benzene rings is 1. The molecular formula is C10H12ClN3. The molecule has 1 aromatic carbocycles. The Hall–Kier alpha value is -1.09. The molecule has 14 heavy (non-hydrogen) atoms. The second kappa shape index (κ2) is 2.95. The second-order valence-corrected chi connectivity index (χ2v) is 4.41. The van der Waals surface area contributed by atoms with Crippen molar-refractivity contribution < 1.29 is 0 Å². The number of azo groups is 1. The van der Waals surface area contributed by atoms with Crippen molar-refractivity contribution in [3.8, 4) is 0 Å². The first kappa shape index (κ1) is 9.46. The van der Waals surface area contributed by atoms with Crippen LogP contribution in [0.5, 0.6) is 0 Å². The van der Waals surface area contributed by atoms with Crippen molar-refractivity contribution in [3.63, 3.8) is 0 Å². The zero-order valence-corrected chi connectivity index (χ0v) is 9.18. The lowest BCUT2D eigenvalue weighted by Gasteiger charge is -2.26. The van der Waals surface area contributed by atoms with Gasteiger partial charge < -0.3 is 5.32 Å². The first-order valence-corrected chi connectivity index (χ1v) is 4.87. The summed E-state index contributed by atoms with van der Waals surface area (Å²) in [6.07, 6.45) is 0. The van der Waals surface area contributed by atoms with E-state index in [2.05, 4.69) is 15.5 Å². The summed E-state index contributed by atoms with van der Waals surface area (Å²) in [5.74, 6) is 0. The molecule has 0 spiro atoms. The van der Waals surface area contributed by atoms with Crippen LogP contribution >= 0.6 is 11.6 Å². The Morgan fingerprint density at radius 2 is 2.07 bits per heavy atom. The molecule has 2 rings (SSSR count). The first-order valence-electron chi connectivity index (χ1n) is 4.49. The molecule has 0 bridgehead atoms. The van der Waals surface area contributed by atoms with Gasteiger partial charge in [0.2, 0.25) is 0 Å². The molecule has 0 amide bonds. The van der Waals surface area contributed by atoms with Gasteiger partial charge in [-0.1, -0.05) is 11.6 Å². The van der Waals surface area contributed by atoms with Crippen molar-refractivity contribution in [3.05, 3.63) is 22.7 Å². The number of hydrogen-bond acceptors (Lipinski definition) is 3. The van der Waals surface area contributed by atoms with E-state index in [0.29, 0.717) is 0 Å². The number of nitrogens with zero attached hydrogens (tertiary/aromatic N) is 2. The predicted molar refractivity (Wildman–Crippen MR) is 58.4 cm³/mol. The summed E-state index contributed by atoms with van der Waals surface area (Å²) >= 11 is 5.99. The van der Waals surface area contributed by atoms with E-state index in [0.717, 1.165) is 22.0 Å². The molecule has 0 unspecified atom stereocenters. The van der Waals surface area contributed by atoms with Crippen LogP contribution in [0.15, 0.2) is 22.4 Å². The fourth-order valence-electron chi connectivity index (χ4n) is 1.39. The van der Waals surface area contributed by atoms with Crippen LogP contribution in [0.2, 0.25) is 5.02 Å². The maximum Gasteiger partial charge on any atom is 0.145 e. The van der Waals surface area contributed by atoms with Crippen molar-refractivity contribution in [2.45, 2.75) is 26.4 Å². The molecule has 1 aliphatic heterocycles. The average molecular weight is 210 g/mol. The summed E-state index contributed by atoms with van der Waals surface area (Å²) in [5, 5.41) is 12.3. The van der Waals surface area contributed by atoms with Gasteiger partial charge in [0.15, 0.2) is 0 Å². The number of hydrogen-bond donors (Lipinski definition) is 1. The highest BCUT2D eigenvalue weighted by Gasteiger charge is 2.22. The lowest BCUT2D eigenvalue weighted by atomic mass is 10.1. The Bertz CT molecular complexity index is 410. The average Bonchev–Trinajstić information content (AvgIpc) is 2.07. The van der Waals surface area contributed by atoms with Gasteiger partial charge in [0.05, 0.1) is 5.69 Å². The Kier molecular flexibility index (Phi) is 2.00. The fourth-order valence-corrected chi connectivity index (χ4v) is 1.55.